The zero-order chi connectivity index (χ0) is 15.1. The summed E-state index contributed by atoms with van der Waals surface area (Å²) in [5.74, 6) is -1.88. The minimum atomic E-state index is -1.25. The second-order valence-corrected chi connectivity index (χ2v) is 4.08. The molecule has 8 nitrogen and oxygen atoms in total. The van der Waals surface area contributed by atoms with Gasteiger partial charge in [-0.3, -0.25) is 4.79 Å². The maximum atomic E-state index is 11.7. The number of aliphatic carboxylic acids is 1. The number of carbonyl (C=O) groups is 3. The van der Waals surface area contributed by atoms with Gasteiger partial charge in [0.15, 0.2) is 0 Å². The average Bonchev–Trinajstić information content (AvgIpc) is 2.36. The fourth-order valence-corrected chi connectivity index (χ4v) is 1.47. The number of nitrogens with two attached hydrogens (primary N) is 2. The number of hydrogen-bond donors (Lipinski definition) is 5. The number of anilines is 2. The van der Waals surface area contributed by atoms with Gasteiger partial charge in [-0.05, 0) is 18.6 Å². The fraction of sp³-hybridized carbons (Fsp3) is 0.250. The summed E-state index contributed by atoms with van der Waals surface area (Å²) in [6.07, 6.45) is -0.215. The van der Waals surface area contributed by atoms with Crippen molar-refractivity contribution in [1.82, 2.24) is 5.32 Å². The minimum Gasteiger partial charge on any atom is -0.480 e. The lowest BCUT2D eigenvalue weighted by Gasteiger charge is -2.15. The molecule has 1 atom stereocenters. The molecule has 20 heavy (non-hydrogen) atoms. The number of benzene rings is 1. The normalized spacial score (nSPS) is 11.4. The number of urea groups is 1. The molecule has 108 valence electrons. The third kappa shape index (κ3) is 4.84. The van der Waals surface area contributed by atoms with Crippen LogP contribution < -0.4 is 22.1 Å². The Morgan fingerprint density at radius 1 is 1.25 bits per heavy atom. The molecule has 0 saturated carbocycles. The molecule has 0 radical (unpaired) electrons. The Morgan fingerprint density at radius 2 is 1.90 bits per heavy atom. The molecule has 1 rings (SSSR count). The Morgan fingerprint density at radius 3 is 2.45 bits per heavy atom. The van der Waals surface area contributed by atoms with E-state index in [0.717, 1.165) is 0 Å². The quantitative estimate of drug-likeness (QED) is 0.469. The number of carboxylic acid groups (broad SMARTS) is 1. The zero-order valence-electron chi connectivity index (χ0n) is 10.6. The Hall–Kier alpha value is -2.77. The molecule has 1 aromatic carbocycles. The highest BCUT2D eigenvalue weighted by molar-refractivity contribution is 5.94. The molecule has 8 heteroatoms. The number of para-hydroxylation sites is 2. The Balaban J connectivity index is 2.60. The van der Waals surface area contributed by atoms with Gasteiger partial charge in [0.2, 0.25) is 5.91 Å². The summed E-state index contributed by atoms with van der Waals surface area (Å²) in [5, 5.41) is 13.6. The number of carboxylic acids is 1. The summed E-state index contributed by atoms with van der Waals surface area (Å²) in [5.41, 5.74) is 11.3. The number of rotatable bonds is 6. The molecule has 0 aliphatic heterocycles. The molecule has 3 amide bonds. The van der Waals surface area contributed by atoms with Gasteiger partial charge < -0.3 is 27.2 Å². The first kappa shape index (κ1) is 15.3. The van der Waals surface area contributed by atoms with Gasteiger partial charge in [-0.2, -0.15) is 0 Å². The first-order valence-corrected chi connectivity index (χ1v) is 5.83. The van der Waals surface area contributed by atoms with Crippen molar-refractivity contribution < 1.29 is 19.5 Å². The van der Waals surface area contributed by atoms with Crippen LogP contribution in [-0.2, 0) is 9.59 Å². The van der Waals surface area contributed by atoms with Gasteiger partial charge in [0.05, 0.1) is 11.4 Å². The summed E-state index contributed by atoms with van der Waals surface area (Å²) in [6, 6.07) is 4.62. The van der Waals surface area contributed by atoms with Crippen molar-refractivity contribution in [3.63, 3.8) is 0 Å². The van der Waals surface area contributed by atoms with E-state index in [1.807, 2.05) is 0 Å². The van der Waals surface area contributed by atoms with Gasteiger partial charge in [-0.25, -0.2) is 9.59 Å². The fourth-order valence-electron chi connectivity index (χ4n) is 1.47. The predicted octanol–water partition coefficient (Wildman–Crippen LogP) is 0.109. The average molecular weight is 280 g/mol. The van der Waals surface area contributed by atoms with Gasteiger partial charge in [0.25, 0.3) is 0 Å². The second kappa shape index (κ2) is 6.98. The van der Waals surface area contributed by atoms with E-state index in [1.54, 1.807) is 24.3 Å². The third-order valence-electron chi connectivity index (χ3n) is 2.49. The van der Waals surface area contributed by atoms with Crippen molar-refractivity contribution in [2.75, 3.05) is 11.1 Å². The van der Waals surface area contributed by atoms with Crippen molar-refractivity contribution in [3.05, 3.63) is 24.3 Å². The highest BCUT2D eigenvalue weighted by atomic mass is 16.4. The topological polar surface area (TPSA) is 148 Å². The van der Waals surface area contributed by atoms with Crippen LogP contribution in [0.15, 0.2) is 24.3 Å². The molecule has 0 unspecified atom stereocenters. The molecule has 0 aliphatic carbocycles. The van der Waals surface area contributed by atoms with Crippen LogP contribution in [0.1, 0.15) is 12.8 Å². The van der Waals surface area contributed by atoms with Crippen molar-refractivity contribution >= 4 is 29.3 Å². The van der Waals surface area contributed by atoms with Crippen molar-refractivity contribution in [3.8, 4) is 0 Å². The van der Waals surface area contributed by atoms with Crippen molar-refractivity contribution in [1.29, 1.82) is 0 Å². The van der Waals surface area contributed by atoms with Crippen LogP contribution in [0.2, 0.25) is 0 Å². The maximum Gasteiger partial charge on any atom is 0.326 e. The second-order valence-electron chi connectivity index (χ2n) is 4.08. The molecule has 0 aliphatic rings. The van der Waals surface area contributed by atoms with E-state index in [9.17, 15) is 14.4 Å². The number of primary amides is 1. The van der Waals surface area contributed by atoms with Crippen LogP contribution in [-0.4, -0.2) is 29.1 Å². The first-order valence-electron chi connectivity index (χ1n) is 5.83. The van der Waals surface area contributed by atoms with Crippen LogP contribution >= 0.6 is 0 Å². The van der Waals surface area contributed by atoms with Gasteiger partial charge >= 0.3 is 12.0 Å². The van der Waals surface area contributed by atoms with E-state index in [4.69, 9.17) is 16.6 Å². The van der Waals surface area contributed by atoms with Crippen LogP contribution in [0.25, 0.3) is 0 Å². The number of carbonyl (C=O) groups excluding carboxylic acids is 2. The summed E-state index contributed by atoms with van der Waals surface area (Å²) < 4.78 is 0. The molecule has 0 saturated heterocycles. The smallest absolute Gasteiger partial charge is 0.326 e. The van der Waals surface area contributed by atoms with E-state index < -0.39 is 23.9 Å². The lowest BCUT2D eigenvalue weighted by atomic mass is 10.1. The molecule has 0 fully saturated rings. The Kier molecular flexibility index (Phi) is 5.33. The summed E-state index contributed by atoms with van der Waals surface area (Å²) in [6.45, 7) is 0. The molecule has 0 bridgehead atoms. The van der Waals surface area contributed by atoms with Crippen LogP contribution in [0, 0.1) is 0 Å². The van der Waals surface area contributed by atoms with Crippen molar-refractivity contribution in [2.24, 2.45) is 5.73 Å². The Labute approximate surface area is 115 Å². The molecular weight excluding hydrogens is 264 g/mol. The number of amides is 3. The standard InChI is InChI=1S/C12H16N4O4/c13-7-3-1-2-4-8(7)15-12(20)16-9(11(18)19)5-6-10(14)17/h1-4,9H,5-6,13H2,(H2,14,17)(H,18,19)(H2,15,16,20)/t9-/m1/s1. The molecule has 0 heterocycles. The van der Waals surface area contributed by atoms with E-state index in [2.05, 4.69) is 10.6 Å². The zero-order valence-corrected chi connectivity index (χ0v) is 10.6. The van der Waals surface area contributed by atoms with Crippen molar-refractivity contribution in [2.45, 2.75) is 18.9 Å². The molecule has 1 aromatic rings. The number of nitrogen functional groups attached to an aromatic ring is 1. The molecule has 0 aromatic heterocycles. The SMILES string of the molecule is NC(=O)CC[C@@H](NC(=O)Nc1ccccc1N)C(=O)O. The summed E-state index contributed by atoms with van der Waals surface area (Å²) in [4.78, 5) is 33.2. The van der Waals surface area contributed by atoms with Gasteiger partial charge in [-0.15, -0.1) is 0 Å². The summed E-state index contributed by atoms with van der Waals surface area (Å²) in [7, 11) is 0. The summed E-state index contributed by atoms with van der Waals surface area (Å²) >= 11 is 0. The lowest BCUT2D eigenvalue weighted by Crippen LogP contribution is -2.43. The Bertz CT molecular complexity index is 518. The van der Waals surface area contributed by atoms with E-state index in [0.29, 0.717) is 11.4 Å². The molecular formula is C12H16N4O4. The third-order valence-corrected chi connectivity index (χ3v) is 2.49. The van der Waals surface area contributed by atoms with Crippen LogP contribution in [0.4, 0.5) is 16.2 Å². The van der Waals surface area contributed by atoms with E-state index >= 15 is 0 Å². The van der Waals surface area contributed by atoms with Gasteiger partial charge in [-0.1, -0.05) is 12.1 Å². The first-order chi connectivity index (χ1) is 9.40. The molecule has 0 spiro atoms. The van der Waals surface area contributed by atoms with E-state index in [-0.39, 0.29) is 12.8 Å². The highest BCUT2D eigenvalue weighted by Gasteiger charge is 2.20. The van der Waals surface area contributed by atoms with Gasteiger partial charge in [0.1, 0.15) is 6.04 Å². The number of nitrogens with one attached hydrogen (secondary N) is 2. The van der Waals surface area contributed by atoms with Gasteiger partial charge in [0, 0.05) is 6.42 Å². The van der Waals surface area contributed by atoms with Crippen LogP contribution in [0.3, 0.4) is 0 Å². The number of hydrogen-bond acceptors (Lipinski definition) is 4. The largest absolute Gasteiger partial charge is 0.480 e. The molecule has 7 N–H and O–H groups in total. The van der Waals surface area contributed by atoms with Crippen LogP contribution in [0.5, 0.6) is 0 Å². The highest BCUT2D eigenvalue weighted by Crippen LogP contribution is 2.16. The predicted molar refractivity (Wildman–Crippen MR) is 72.9 cm³/mol. The lowest BCUT2D eigenvalue weighted by molar-refractivity contribution is -0.139. The maximum absolute atomic E-state index is 11.7. The minimum absolute atomic E-state index is 0.0810. The van der Waals surface area contributed by atoms with E-state index in [1.165, 1.54) is 0 Å². The monoisotopic (exact) mass is 280 g/mol.